The lowest BCUT2D eigenvalue weighted by atomic mass is 10.2. The molecule has 1 fully saturated rings. The highest BCUT2D eigenvalue weighted by Crippen LogP contribution is 2.23. The number of aromatic nitrogens is 2. The maximum Gasteiger partial charge on any atom is 0.271 e. The van der Waals surface area contributed by atoms with Crippen molar-refractivity contribution in [3.8, 4) is 5.69 Å². The van der Waals surface area contributed by atoms with Crippen LogP contribution in [0.5, 0.6) is 0 Å². The summed E-state index contributed by atoms with van der Waals surface area (Å²) in [7, 11) is -3.57. The number of hydrogen-bond donors (Lipinski definition) is 0. The Morgan fingerprint density at radius 1 is 0.812 bits per heavy atom. The fourth-order valence-electron chi connectivity index (χ4n) is 4.03. The molecule has 0 radical (unpaired) electrons. The molecule has 1 saturated heterocycles. The summed E-state index contributed by atoms with van der Waals surface area (Å²) in [5, 5.41) is 4.57. The zero-order valence-electron chi connectivity index (χ0n) is 18.7. The third-order valence-corrected chi connectivity index (χ3v) is 7.85. The van der Waals surface area contributed by atoms with E-state index < -0.39 is 10.0 Å². The van der Waals surface area contributed by atoms with Crippen LogP contribution in [-0.4, -0.2) is 48.7 Å². The summed E-state index contributed by atoms with van der Waals surface area (Å²) >= 11 is 0. The van der Waals surface area contributed by atoms with Crippen LogP contribution in [0.1, 0.15) is 23.1 Å². The first-order valence-corrected chi connectivity index (χ1v) is 12.2. The maximum absolute atomic E-state index is 13.3. The molecule has 168 valence electrons. The summed E-state index contributed by atoms with van der Waals surface area (Å²) in [6.45, 7) is 7.76. The minimum Gasteiger partial charge on any atom is -0.354 e. The zero-order valence-corrected chi connectivity index (χ0v) is 19.5. The number of rotatable bonds is 4. The molecule has 4 rings (SSSR count). The summed E-state index contributed by atoms with van der Waals surface area (Å²) in [5.74, 6) is 0.663. The quantitative estimate of drug-likeness (QED) is 0.608. The molecule has 0 aliphatic carbocycles. The Morgan fingerprint density at radius 2 is 1.53 bits per heavy atom. The van der Waals surface area contributed by atoms with E-state index in [-0.39, 0.29) is 5.56 Å². The van der Waals surface area contributed by atoms with Gasteiger partial charge in [-0.25, -0.2) is 8.42 Å². The van der Waals surface area contributed by atoms with E-state index in [4.69, 9.17) is 0 Å². The van der Waals surface area contributed by atoms with Crippen molar-refractivity contribution in [3.63, 3.8) is 0 Å². The highest BCUT2D eigenvalue weighted by Gasteiger charge is 2.28. The molecule has 8 heteroatoms. The third kappa shape index (κ3) is 4.47. The average Bonchev–Trinajstić information content (AvgIpc) is 3.01. The van der Waals surface area contributed by atoms with E-state index in [0.29, 0.717) is 49.0 Å². The molecular formula is C24H28N4O3S. The molecule has 0 saturated carbocycles. The average molecular weight is 453 g/mol. The van der Waals surface area contributed by atoms with Crippen LogP contribution in [0.3, 0.4) is 0 Å². The molecule has 0 atom stereocenters. The van der Waals surface area contributed by atoms with Gasteiger partial charge in [0.25, 0.3) is 5.56 Å². The molecule has 1 aromatic heterocycles. The van der Waals surface area contributed by atoms with Gasteiger partial charge in [0.2, 0.25) is 10.0 Å². The van der Waals surface area contributed by atoms with Crippen LogP contribution in [0.15, 0.2) is 64.3 Å². The van der Waals surface area contributed by atoms with Gasteiger partial charge in [-0.3, -0.25) is 4.79 Å². The van der Waals surface area contributed by atoms with E-state index in [1.54, 1.807) is 16.4 Å². The summed E-state index contributed by atoms with van der Waals surface area (Å²) in [6.07, 6.45) is 0.676. The van der Waals surface area contributed by atoms with Crippen LogP contribution < -0.4 is 10.5 Å². The van der Waals surface area contributed by atoms with Crippen LogP contribution >= 0.6 is 0 Å². The summed E-state index contributed by atoms with van der Waals surface area (Å²) in [6, 6.07) is 16.3. The van der Waals surface area contributed by atoms with Crippen LogP contribution in [-0.2, 0) is 10.0 Å². The number of aryl methyl sites for hydroxylation is 3. The second-order valence-corrected chi connectivity index (χ2v) is 10.2. The minimum absolute atomic E-state index is 0.202. The van der Waals surface area contributed by atoms with E-state index in [9.17, 15) is 13.2 Å². The number of anilines is 1. The van der Waals surface area contributed by atoms with Gasteiger partial charge >= 0.3 is 0 Å². The fourth-order valence-corrected chi connectivity index (χ4v) is 5.71. The summed E-state index contributed by atoms with van der Waals surface area (Å²) in [5.41, 5.74) is 3.41. The number of sulfonamides is 1. The predicted octanol–water partition coefficient (Wildman–Crippen LogP) is 3.06. The van der Waals surface area contributed by atoms with Gasteiger partial charge in [-0.05, 0) is 57.0 Å². The van der Waals surface area contributed by atoms with Gasteiger partial charge < -0.3 is 4.90 Å². The number of nitrogens with zero attached hydrogens (tertiary/aromatic N) is 4. The first kappa shape index (κ1) is 22.2. The van der Waals surface area contributed by atoms with Crippen molar-refractivity contribution in [2.75, 3.05) is 31.1 Å². The smallest absolute Gasteiger partial charge is 0.271 e. The molecule has 0 amide bonds. The molecule has 0 unspecified atom stereocenters. The van der Waals surface area contributed by atoms with Gasteiger partial charge in [0.1, 0.15) is 5.82 Å². The lowest BCUT2D eigenvalue weighted by Gasteiger charge is -2.23. The van der Waals surface area contributed by atoms with Crippen LogP contribution in [0.4, 0.5) is 5.82 Å². The van der Waals surface area contributed by atoms with Crippen molar-refractivity contribution >= 4 is 15.8 Å². The second kappa shape index (κ2) is 8.88. The Balaban J connectivity index is 1.57. The van der Waals surface area contributed by atoms with Gasteiger partial charge in [0.15, 0.2) is 0 Å². The van der Waals surface area contributed by atoms with E-state index >= 15 is 0 Å². The predicted molar refractivity (Wildman–Crippen MR) is 126 cm³/mol. The van der Waals surface area contributed by atoms with Crippen molar-refractivity contribution < 1.29 is 8.42 Å². The van der Waals surface area contributed by atoms with Gasteiger partial charge in [-0.1, -0.05) is 35.4 Å². The summed E-state index contributed by atoms with van der Waals surface area (Å²) in [4.78, 5) is 14.8. The zero-order chi connectivity index (χ0) is 22.9. The Labute approximate surface area is 189 Å². The highest BCUT2D eigenvalue weighted by atomic mass is 32.2. The second-order valence-electron chi connectivity index (χ2n) is 8.29. The monoisotopic (exact) mass is 452 g/mol. The molecule has 2 heterocycles. The fraction of sp³-hybridized carbons (Fsp3) is 0.333. The van der Waals surface area contributed by atoms with Gasteiger partial charge in [0.05, 0.1) is 10.6 Å². The van der Waals surface area contributed by atoms with Crippen LogP contribution in [0.2, 0.25) is 0 Å². The lowest BCUT2D eigenvalue weighted by Crippen LogP contribution is -2.36. The van der Waals surface area contributed by atoms with Crippen molar-refractivity contribution in [1.82, 2.24) is 14.1 Å². The van der Waals surface area contributed by atoms with Crippen LogP contribution in [0.25, 0.3) is 5.69 Å². The van der Waals surface area contributed by atoms with Gasteiger partial charge in [-0.15, -0.1) is 5.10 Å². The molecule has 0 spiro atoms. The first-order valence-electron chi connectivity index (χ1n) is 10.8. The van der Waals surface area contributed by atoms with Gasteiger partial charge in [-0.2, -0.15) is 8.99 Å². The van der Waals surface area contributed by atoms with E-state index in [0.717, 1.165) is 16.7 Å². The number of benzene rings is 2. The maximum atomic E-state index is 13.3. The Bertz CT molecular complexity index is 1280. The van der Waals surface area contributed by atoms with Crippen molar-refractivity contribution in [1.29, 1.82) is 0 Å². The summed E-state index contributed by atoms with van der Waals surface area (Å²) < 4.78 is 29.5. The lowest BCUT2D eigenvalue weighted by molar-refractivity contribution is 0.432. The molecular weight excluding hydrogens is 424 g/mol. The Hall–Kier alpha value is -2.97. The highest BCUT2D eigenvalue weighted by molar-refractivity contribution is 7.89. The molecule has 0 bridgehead atoms. The molecule has 0 N–H and O–H groups in total. The van der Waals surface area contributed by atoms with Crippen molar-refractivity contribution in [2.24, 2.45) is 0 Å². The van der Waals surface area contributed by atoms with Crippen molar-refractivity contribution in [3.05, 3.63) is 81.6 Å². The molecule has 7 nitrogen and oxygen atoms in total. The molecule has 2 aromatic carbocycles. The third-order valence-electron chi connectivity index (χ3n) is 5.79. The number of hydrogen-bond acceptors (Lipinski definition) is 5. The van der Waals surface area contributed by atoms with Crippen molar-refractivity contribution in [2.45, 2.75) is 32.1 Å². The normalized spacial score (nSPS) is 15.5. The standard InChI is InChI=1S/C24H28N4O3S/c1-18-5-8-21(9-6-18)28-24(29)12-11-23(25-28)26-13-4-14-27(16-15-26)32(30,31)22-10-7-19(2)17-20(22)3/h5-12,17H,4,13-16H2,1-3H3. The van der Waals surface area contributed by atoms with E-state index in [1.165, 1.54) is 10.7 Å². The Morgan fingerprint density at radius 3 is 2.25 bits per heavy atom. The van der Waals surface area contributed by atoms with E-state index in [1.807, 2.05) is 62.1 Å². The molecule has 1 aliphatic rings. The topological polar surface area (TPSA) is 75.5 Å². The van der Waals surface area contributed by atoms with Gasteiger partial charge in [0, 0.05) is 32.2 Å². The van der Waals surface area contributed by atoms with Crippen LogP contribution in [0, 0.1) is 20.8 Å². The first-order chi connectivity index (χ1) is 15.3. The van der Waals surface area contributed by atoms with E-state index in [2.05, 4.69) is 5.10 Å². The molecule has 1 aliphatic heterocycles. The minimum atomic E-state index is -3.57. The largest absolute Gasteiger partial charge is 0.354 e. The molecule has 32 heavy (non-hydrogen) atoms. The SMILES string of the molecule is Cc1ccc(-n2nc(N3CCCN(S(=O)(=O)c4ccc(C)cc4C)CC3)ccc2=O)cc1. The Kier molecular flexibility index (Phi) is 6.17. The molecule has 3 aromatic rings.